The van der Waals surface area contributed by atoms with Gasteiger partial charge in [0.15, 0.2) is 6.29 Å². The molecular formula is C31H43FN2O4. The first-order chi connectivity index (χ1) is 18.4. The van der Waals surface area contributed by atoms with Crippen LogP contribution in [0.5, 0.6) is 5.75 Å². The molecule has 2 fully saturated rings. The van der Waals surface area contributed by atoms with Gasteiger partial charge in [-0.25, -0.2) is 4.39 Å². The van der Waals surface area contributed by atoms with Gasteiger partial charge in [0.25, 0.3) is 0 Å². The van der Waals surface area contributed by atoms with E-state index < -0.39 is 0 Å². The number of hydrogen-bond donors (Lipinski definition) is 0. The van der Waals surface area contributed by atoms with Crippen LogP contribution >= 0.6 is 0 Å². The van der Waals surface area contributed by atoms with E-state index in [1.807, 2.05) is 29.2 Å². The molecule has 2 aromatic rings. The van der Waals surface area contributed by atoms with Crippen LogP contribution in [0.3, 0.4) is 0 Å². The first-order valence-corrected chi connectivity index (χ1v) is 14.1. The van der Waals surface area contributed by atoms with Gasteiger partial charge in [-0.2, -0.15) is 0 Å². The summed E-state index contributed by atoms with van der Waals surface area (Å²) in [6.45, 7) is 11.1. The molecule has 1 unspecified atom stereocenters. The average molecular weight is 527 g/mol. The predicted octanol–water partition coefficient (Wildman–Crippen LogP) is 5.44. The third kappa shape index (κ3) is 8.79. The van der Waals surface area contributed by atoms with Crippen molar-refractivity contribution in [2.45, 2.75) is 77.9 Å². The van der Waals surface area contributed by atoms with Crippen LogP contribution in [0, 0.1) is 11.7 Å². The molecule has 0 N–H and O–H groups in total. The lowest BCUT2D eigenvalue weighted by Gasteiger charge is -2.39. The Morgan fingerprint density at radius 1 is 1.05 bits per heavy atom. The molecule has 208 valence electrons. The van der Waals surface area contributed by atoms with Crippen molar-refractivity contribution in [3.8, 4) is 5.75 Å². The molecule has 4 rings (SSSR count). The number of amides is 1. The fourth-order valence-electron chi connectivity index (χ4n) is 5.08. The van der Waals surface area contributed by atoms with Crippen molar-refractivity contribution < 1.29 is 23.4 Å². The molecule has 2 atom stereocenters. The number of nitrogens with zero attached hydrogens (tertiary/aromatic N) is 2. The van der Waals surface area contributed by atoms with E-state index in [1.165, 1.54) is 12.1 Å². The van der Waals surface area contributed by atoms with E-state index in [0.717, 1.165) is 68.8 Å². The van der Waals surface area contributed by atoms with Crippen LogP contribution in [0.1, 0.15) is 57.6 Å². The number of ether oxygens (including phenoxy) is 3. The SMILES string of the molecule is CC(C)COc1ccc(CC(=O)N(Cc2ccc(F)cc2)C2CCN(CC[C@@H]3OCCC(C)O3)CC2)cc1. The molecule has 2 aliphatic rings. The van der Waals surface area contributed by atoms with Gasteiger partial charge in [-0.3, -0.25) is 4.79 Å². The maximum Gasteiger partial charge on any atom is 0.227 e. The van der Waals surface area contributed by atoms with E-state index in [4.69, 9.17) is 14.2 Å². The van der Waals surface area contributed by atoms with Gasteiger partial charge in [0.2, 0.25) is 5.91 Å². The van der Waals surface area contributed by atoms with E-state index in [-0.39, 0.29) is 30.2 Å². The minimum Gasteiger partial charge on any atom is -0.493 e. The number of benzene rings is 2. The van der Waals surface area contributed by atoms with Crippen LogP contribution < -0.4 is 4.74 Å². The lowest BCUT2D eigenvalue weighted by molar-refractivity contribution is -0.211. The van der Waals surface area contributed by atoms with E-state index in [9.17, 15) is 9.18 Å². The van der Waals surface area contributed by atoms with Gasteiger partial charge in [0.1, 0.15) is 11.6 Å². The van der Waals surface area contributed by atoms with E-state index in [2.05, 4.69) is 25.7 Å². The first-order valence-electron chi connectivity index (χ1n) is 14.1. The Morgan fingerprint density at radius 3 is 2.39 bits per heavy atom. The minimum absolute atomic E-state index is 0.0987. The summed E-state index contributed by atoms with van der Waals surface area (Å²) in [5, 5.41) is 0. The van der Waals surface area contributed by atoms with Crippen LogP contribution in [0.25, 0.3) is 0 Å². The van der Waals surface area contributed by atoms with Gasteiger partial charge in [-0.15, -0.1) is 0 Å². The monoisotopic (exact) mass is 526 g/mol. The largest absolute Gasteiger partial charge is 0.493 e. The van der Waals surface area contributed by atoms with Gasteiger partial charge >= 0.3 is 0 Å². The maximum atomic E-state index is 13.6. The summed E-state index contributed by atoms with van der Waals surface area (Å²) >= 11 is 0. The normalized spacial score (nSPS) is 21.0. The zero-order chi connectivity index (χ0) is 26.9. The van der Waals surface area contributed by atoms with Crippen molar-refractivity contribution in [3.05, 3.63) is 65.5 Å². The van der Waals surface area contributed by atoms with Crippen molar-refractivity contribution in [1.29, 1.82) is 0 Å². The number of piperidine rings is 1. The summed E-state index contributed by atoms with van der Waals surface area (Å²) in [4.78, 5) is 18.0. The highest BCUT2D eigenvalue weighted by Gasteiger charge is 2.29. The number of likely N-dealkylation sites (tertiary alicyclic amines) is 1. The Balaban J connectivity index is 1.35. The quantitative estimate of drug-likeness (QED) is 0.390. The van der Waals surface area contributed by atoms with Gasteiger partial charge in [0.05, 0.1) is 25.7 Å². The van der Waals surface area contributed by atoms with Gasteiger partial charge in [0, 0.05) is 38.6 Å². The third-order valence-electron chi connectivity index (χ3n) is 7.34. The summed E-state index contributed by atoms with van der Waals surface area (Å²) in [6, 6.07) is 14.5. The van der Waals surface area contributed by atoms with Crippen LogP contribution in [0.15, 0.2) is 48.5 Å². The molecule has 2 heterocycles. The summed E-state index contributed by atoms with van der Waals surface area (Å²) in [5.41, 5.74) is 1.91. The number of rotatable bonds is 11. The third-order valence-corrected chi connectivity index (χ3v) is 7.34. The number of hydrogen-bond acceptors (Lipinski definition) is 5. The van der Waals surface area contributed by atoms with Crippen molar-refractivity contribution in [3.63, 3.8) is 0 Å². The highest BCUT2D eigenvalue weighted by atomic mass is 19.1. The predicted molar refractivity (Wildman–Crippen MR) is 146 cm³/mol. The zero-order valence-corrected chi connectivity index (χ0v) is 23.1. The summed E-state index contributed by atoms with van der Waals surface area (Å²) in [5.74, 6) is 1.12. The molecule has 0 bridgehead atoms. The summed E-state index contributed by atoms with van der Waals surface area (Å²) in [6.07, 6.45) is 4.12. The summed E-state index contributed by atoms with van der Waals surface area (Å²) < 4.78 is 31.0. The van der Waals surface area contributed by atoms with Crippen molar-refractivity contribution >= 4 is 5.91 Å². The highest BCUT2D eigenvalue weighted by molar-refractivity contribution is 5.79. The molecule has 2 saturated heterocycles. The van der Waals surface area contributed by atoms with Crippen LogP contribution in [-0.2, 0) is 27.2 Å². The topological polar surface area (TPSA) is 51.2 Å². The fraction of sp³-hybridized carbons (Fsp3) is 0.581. The molecule has 6 nitrogen and oxygen atoms in total. The number of halogens is 1. The average Bonchev–Trinajstić information content (AvgIpc) is 2.91. The second-order valence-corrected chi connectivity index (χ2v) is 11.1. The number of carbonyl (C=O) groups excluding carboxylic acids is 1. The highest BCUT2D eigenvalue weighted by Crippen LogP contribution is 2.23. The Kier molecular flexibility index (Phi) is 10.6. The van der Waals surface area contributed by atoms with Gasteiger partial charge in [-0.05, 0) is 67.5 Å². The van der Waals surface area contributed by atoms with E-state index in [1.54, 1.807) is 12.1 Å². The second-order valence-electron chi connectivity index (χ2n) is 11.1. The maximum absolute atomic E-state index is 13.6. The second kappa shape index (κ2) is 14.1. The molecule has 0 saturated carbocycles. The molecule has 0 aromatic heterocycles. The Bertz CT molecular complexity index is 990. The van der Waals surface area contributed by atoms with Crippen molar-refractivity contribution in [2.75, 3.05) is 32.8 Å². The Labute approximate surface area is 227 Å². The first kappa shape index (κ1) is 28.5. The molecule has 2 aliphatic heterocycles. The molecular weight excluding hydrogens is 483 g/mol. The van der Waals surface area contributed by atoms with Crippen molar-refractivity contribution in [2.24, 2.45) is 5.92 Å². The standard InChI is InChI=1S/C31H43FN2O4/c1-23(2)22-37-29-10-6-25(7-11-29)20-30(35)34(21-26-4-8-27(32)9-5-26)28-12-16-33(17-13-28)18-14-31-36-19-15-24(3)38-31/h4-11,23-24,28,31H,12-22H2,1-3H3/t24?,31-/m1/s1. The zero-order valence-electron chi connectivity index (χ0n) is 23.1. The van der Waals surface area contributed by atoms with E-state index >= 15 is 0 Å². The molecule has 7 heteroatoms. The van der Waals surface area contributed by atoms with Crippen LogP contribution in [0.4, 0.5) is 4.39 Å². The molecule has 0 radical (unpaired) electrons. The smallest absolute Gasteiger partial charge is 0.227 e. The molecule has 0 spiro atoms. The Morgan fingerprint density at radius 2 is 1.74 bits per heavy atom. The number of carbonyl (C=O) groups is 1. The lowest BCUT2D eigenvalue weighted by Crippen LogP contribution is -2.48. The molecule has 0 aliphatic carbocycles. The fourth-order valence-corrected chi connectivity index (χ4v) is 5.08. The van der Waals surface area contributed by atoms with Crippen LogP contribution in [0.2, 0.25) is 0 Å². The minimum atomic E-state index is -0.264. The Hall–Kier alpha value is -2.48. The summed E-state index contributed by atoms with van der Waals surface area (Å²) in [7, 11) is 0. The van der Waals surface area contributed by atoms with Gasteiger partial charge in [-0.1, -0.05) is 38.1 Å². The van der Waals surface area contributed by atoms with E-state index in [0.29, 0.717) is 25.5 Å². The van der Waals surface area contributed by atoms with Crippen molar-refractivity contribution in [1.82, 2.24) is 9.80 Å². The molecule has 2 aromatic carbocycles. The van der Waals surface area contributed by atoms with Gasteiger partial charge < -0.3 is 24.0 Å². The van der Waals surface area contributed by atoms with Crippen LogP contribution in [-0.4, -0.2) is 67.0 Å². The molecule has 1 amide bonds. The molecule has 38 heavy (non-hydrogen) atoms. The lowest BCUT2D eigenvalue weighted by atomic mass is 10.0.